The van der Waals surface area contributed by atoms with Gasteiger partial charge in [-0.2, -0.15) is 0 Å². The minimum atomic E-state index is -1.98. The van der Waals surface area contributed by atoms with Gasteiger partial charge in [0.2, 0.25) is 59.1 Å². The topological polar surface area (TPSA) is 588 Å². The van der Waals surface area contributed by atoms with Crippen molar-refractivity contribution in [2.24, 2.45) is 46.1 Å². The van der Waals surface area contributed by atoms with Crippen LogP contribution < -0.4 is 93.3 Å². The summed E-state index contributed by atoms with van der Waals surface area (Å²) in [5, 5.41) is 66.1. The van der Waals surface area contributed by atoms with Gasteiger partial charge in [-0.25, -0.2) is 4.79 Å². The van der Waals surface area contributed by atoms with Gasteiger partial charge in [0, 0.05) is 0 Å². The van der Waals surface area contributed by atoms with E-state index in [9.17, 15) is 78.0 Å². The number of aliphatic hydroxyl groups is 2. The van der Waals surface area contributed by atoms with Crippen LogP contribution in [0.3, 0.4) is 0 Å². The lowest BCUT2D eigenvalue weighted by Crippen LogP contribution is -2.63. The van der Waals surface area contributed by atoms with Crippen LogP contribution >= 0.6 is 0 Å². The first-order chi connectivity index (χ1) is 42.6. The zero-order chi connectivity index (χ0) is 68.5. The minimum Gasteiger partial charge on any atom is -0.481 e. The lowest BCUT2D eigenvalue weighted by Gasteiger charge is -2.30. The number of unbranched alkanes of at least 4 members (excludes halogenated alkanes) is 6. The molecule has 0 saturated carbocycles. The third-order valence-electron chi connectivity index (χ3n) is 14.8. The quantitative estimate of drug-likeness (QED) is 0.0252. The molecule has 0 fully saturated rings. The molecule has 14 atom stereocenters. The number of carbonyl (C=O) groups excluding carboxylic acids is 10. The summed E-state index contributed by atoms with van der Waals surface area (Å²) in [6, 6.07) is -16.1. The summed E-state index contributed by atoms with van der Waals surface area (Å²) in [5.74, 6) is -13.1. The number of nitrogens with two attached hydrogens (primary N) is 7. The molecule has 90 heavy (non-hydrogen) atoms. The van der Waals surface area contributed by atoms with Gasteiger partial charge in [0.1, 0.15) is 60.4 Å². The van der Waals surface area contributed by atoms with E-state index in [-0.39, 0.29) is 90.5 Å². The summed E-state index contributed by atoms with van der Waals surface area (Å²) < 4.78 is 0. The lowest BCUT2D eigenvalue weighted by atomic mass is 9.96. The Labute approximate surface area is 527 Å². The Bertz CT molecular complexity index is 2230. The molecule has 0 aromatic heterocycles. The smallest absolute Gasteiger partial charge is 0.326 e. The average Bonchev–Trinajstić information content (AvgIpc) is 2.19. The molecule has 28 N–H and O–H groups in total. The summed E-state index contributed by atoms with van der Waals surface area (Å²) in [6.45, 7) is 8.35. The molecular weight excluding hydrogens is 1180 g/mol. The number of aliphatic carboxylic acids is 2. The maximum Gasteiger partial charge on any atom is 0.326 e. The highest BCUT2D eigenvalue weighted by molar-refractivity contribution is 5.99. The van der Waals surface area contributed by atoms with Crippen LogP contribution in [0, 0.1) is 5.92 Å². The molecular formula is C57H109N17O16. The zero-order valence-electron chi connectivity index (χ0n) is 53.2. The number of nitrogens with one attached hydrogen (secondary N) is 10. The number of carboxylic acids is 2. The Morgan fingerprint density at radius 1 is 0.322 bits per heavy atom. The minimum absolute atomic E-state index is 0.0129. The highest BCUT2D eigenvalue weighted by Gasteiger charge is 2.39. The number of rotatable bonds is 51. The summed E-state index contributed by atoms with van der Waals surface area (Å²) in [5.41, 5.74) is 39.9. The third-order valence-corrected chi connectivity index (χ3v) is 14.8. The van der Waals surface area contributed by atoms with Crippen LogP contribution in [0.2, 0.25) is 0 Å². The first kappa shape index (κ1) is 83.3. The van der Waals surface area contributed by atoms with E-state index in [4.69, 9.17) is 40.1 Å². The zero-order valence-corrected chi connectivity index (χ0v) is 53.2. The molecule has 0 aliphatic heterocycles. The maximum absolute atomic E-state index is 14.4. The largest absolute Gasteiger partial charge is 0.481 e. The number of hydrogen-bond donors (Lipinski definition) is 21. The van der Waals surface area contributed by atoms with E-state index in [1.54, 1.807) is 13.8 Å². The average molecular weight is 1290 g/mol. The summed E-state index contributed by atoms with van der Waals surface area (Å²) >= 11 is 0. The molecule has 0 bridgehead atoms. The van der Waals surface area contributed by atoms with Crippen LogP contribution in [-0.2, 0) is 57.5 Å². The van der Waals surface area contributed by atoms with Crippen LogP contribution in [0.5, 0.6) is 0 Å². The van der Waals surface area contributed by atoms with Crippen molar-refractivity contribution in [1.82, 2.24) is 53.2 Å². The predicted molar refractivity (Wildman–Crippen MR) is 333 cm³/mol. The summed E-state index contributed by atoms with van der Waals surface area (Å²) in [7, 11) is 0. The van der Waals surface area contributed by atoms with E-state index in [0.717, 1.165) is 6.92 Å². The highest BCUT2D eigenvalue weighted by Crippen LogP contribution is 2.14. The fourth-order valence-corrected chi connectivity index (χ4v) is 9.12. The molecule has 0 aliphatic carbocycles. The van der Waals surface area contributed by atoms with Crippen LogP contribution in [0.1, 0.15) is 163 Å². The Balaban J connectivity index is 7.01. The van der Waals surface area contributed by atoms with Gasteiger partial charge >= 0.3 is 11.9 Å². The van der Waals surface area contributed by atoms with Crippen LogP contribution in [0.25, 0.3) is 0 Å². The Morgan fingerprint density at radius 2 is 0.556 bits per heavy atom. The summed E-state index contributed by atoms with van der Waals surface area (Å²) in [6.07, 6.45) is 0.370. The second-order valence-corrected chi connectivity index (χ2v) is 22.7. The Hall–Kier alpha value is -6.72. The molecule has 10 amide bonds. The monoisotopic (exact) mass is 1290 g/mol. The van der Waals surface area contributed by atoms with E-state index in [1.807, 2.05) is 0 Å². The molecule has 0 unspecified atom stereocenters. The standard InChI is InChI=1S/C57H109N17O16/c1-6-32(2)44(72-52(84)40(23-11-17-29-62)69-55(87)45(34(4)75)73-47(79)33(3)64)54(86)74-46(35(5)76)56(88)71-42(31-43(77)78)53(85)68-38(21-9-15-27-60)50(82)66-36(19-7-13-25-58)48(80)65-37(20-8-14-26-59)49(81)67-39(22-10-16-28-61)51(83)70-41(57(89)90)24-12-18-30-63/h32-42,44-46,75-76H,6-31,58-64H2,1-5H3,(H,65,80)(H,66,82)(H,67,81)(H,68,85)(H,69,87)(H,70,83)(H,71,88)(H,72,84)(H,73,79)(H,74,86)(H,77,78)(H,89,90)/t32-,33-,34+,35+,36-,37-,38-,39-,40-,41-,42-,44-,45-,46-/m0/s1. The third kappa shape index (κ3) is 33.4. The van der Waals surface area contributed by atoms with Crippen molar-refractivity contribution >= 4 is 71.0 Å². The van der Waals surface area contributed by atoms with Gasteiger partial charge in [-0.1, -0.05) is 20.3 Å². The van der Waals surface area contributed by atoms with E-state index in [0.29, 0.717) is 70.8 Å². The Kier molecular flexibility index (Phi) is 43.7. The summed E-state index contributed by atoms with van der Waals surface area (Å²) in [4.78, 5) is 163. The van der Waals surface area contributed by atoms with Crippen LogP contribution in [0.4, 0.5) is 0 Å². The van der Waals surface area contributed by atoms with Crippen molar-refractivity contribution in [1.29, 1.82) is 0 Å². The van der Waals surface area contributed by atoms with Crippen molar-refractivity contribution < 1.29 is 78.0 Å². The number of aliphatic hydroxyl groups excluding tert-OH is 2. The van der Waals surface area contributed by atoms with Gasteiger partial charge in [0.15, 0.2) is 0 Å². The number of carboxylic acid groups (broad SMARTS) is 2. The van der Waals surface area contributed by atoms with Gasteiger partial charge in [-0.3, -0.25) is 52.7 Å². The lowest BCUT2D eigenvalue weighted by molar-refractivity contribution is -0.142. The van der Waals surface area contributed by atoms with Crippen LogP contribution in [-0.4, -0.2) is 209 Å². The molecule has 0 radical (unpaired) electrons. The highest BCUT2D eigenvalue weighted by atomic mass is 16.4. The van der Waals surface area contributed by atoms with Crippen molar-refractivity contribution in [2.45, 2.75) is 242 Å². The first-order valence-electron chi connectivity index (χ1n) is 31.4. The first-order valence-corrected chi connectivity index (χ1v) is 31.4. The van der Waals surface area contributed by atoms with Gasteiger partial charge < -0.3 is 114 Å². The maximum atomic E-state index is 14.4. The van der Waals surface area contributed by atoms with E-state index < -0.39 is 162 Å². The molecule has 518 valence electrons. The molecule has 0 aromatic carbocycles. The fourth-order valence-electron chi connectivity index (χ4n) is 9.12. The Morgan fingerprint density at radius 3 is 0.822 bits per heavy atom. The molecule has 0 spiro atoms. The second kappa shape index (κ2) is 47.2. The van der Waals surface area contributed by atoms with E-state index in [2.05, 4.69) is 53.2 Å². The van der Waals surface area contributed by atoms with Crippen LogP contribution in [0.15, 0.2) is 0 Å². The van der Waals surface area contributed by atoms with E-state index in [1.165, 1.54) is 13.8 Å². The van der Waals surface area contributed by atoms with Gasteiger partial charge in [-0.15, -0.1) is 0 Å². The van der Waals surface area contributed by atoms with Crippen molar-refractivity contribution in [3.63, 3.8) is 0 Å². The predicted octanol–water partition coefficient (Wildman–Crippen LogP) is -5.68. The molecule has 0 aromatic rings. The fraction of sp³-hybridized carbons (Fsp3) is 0.789. The molecule has 0 heterocycles. The van der Waals surface area contributed by atoms with E-state index >= 15 is 0 Å². The van der Waals surface area contributed by atoms with Crippen molar-refractivity contribution in [3.8, 4) is 0 Å². The number of hydrogen-bond acceptors (Lipinski definition) is 21. The molecule has 0 aliphatic rings. The second-order valence-electron chi connectivity index (χ2n) is 22.7. The van der Waals surface area contributed by atoms with Crippen molar-refractivity contribution in [3.05, 3.63) is 0 Å². The van der Waals surface area contributed by atoms with Gasteiger partial charge in [-0.05, 0) is 182 Å². The SMILES string of the molecule is CC[C@H](C)[C@H](NC(=O)[C@H](CCCCN)NC(=O)[C@@H](NC(=O)[C@H](C)N)[C@@H](C)O)C(=O)N[C@H](C(=O)N[C@@H](CC(=O)O)C(=O)N[C@@H](CCCCN)C(=O)N[C@@H](CCCCN)C(=O)N[C@@H](CCCCN)C(=O)N[C@@H](CCCCN)C(=O)N[C@@H](CCCCN)C(=O)O)[C@@H](C)O. The number of carbonyl (C=O) groups is 12. The molecule has 33 nitrogen and oxygen atoms in total. The normalized spacial score (nSPS) is 15.9. The van der Waals surface area contributed by atoms with Gasteiger partial charge in [0.25, 0.3) is 0 Å². The number of amides is 10. The molecule has 0 rings (SSSR count). The molecule has 33 heteroatoms. The van der Waals surface area contributed by atoms with Crippen molar-refractivity contribution in [2.75, 3.05) is 39.3 Å². The molecule has 0 saturated heterocycles. The van der Waals surface area contributed by atoms with Gasteiger partial charge in [0.05, 0.1) is 24.7 Å².